The van der Waals surface area contributed by atoms with Crippen molar-refractivity contribution in [2.75, 3.05) is 53.1 Å². The van der Waals surface area contributed by atoms with E-state index in [1.807, 2.05) is 32.7 Å². The highest BCUT2D eigenvalue weighted by atomic mass is 16.5. The van der Waals surface area contributed by atoms with Crippen molar-refractivity contribution in [1.82, 2.24) is 10.2 Å². The van der Waals surface area contributed by atoms with Crippen molar-refractivity contribution in [3.8, 4) is 0 Å². The van der Waals surface area contributed by atoms with Crippen LogP contribution >= 0.6 is 0 Å². The van der Waals surface area contributed by atoms with E-state index in [4.69, 9.17) is 9.47 Å². The quantitative estimate of drug-likeness (QED) is 0.557. The maximum Gasteiger partial charge on any atom is 0.226 e. The molecule has 0 bridgehead atoms. The minimum Gasteiger partial charge on any atom is -0.380 e. The highest BCUT2D eigenvalue weighted by Crippen LogP contribution is 2.02. The zero-order valence-electron chi connectivity index (χ0n) is 12.2. The third-order valence-electron chi connectivity index (χ3n) is 2.66. The van der Waals surface area contributed by atoms with E-state index in [1.165, 1.54) is 0 Å². The normalized spacial score (nSPS) is 12.4. The lowest BCUT2D eigenvalue weighted by Crippen LogP contribution is -2.42. The van der Waals surface area contributed by atoms with Gasteiger partial charge in [0.25, 0.3) is 0 Å². The smallest absolute Gasteiger partial charge is 0.226 e. The first-order valence-corrected chi connectivity index (χ1v) is 6.76. The number of amides is 1. The van der Waals surface area contributed by atoms with Gasteiger partial charge in [0.2, 0.25) is 5.91 Å². The molecule has 1 N–H and O–H groups in total. The molecule has 0 saturated carbocycles. The van der Waals surface area contributed by atoms with E-state index in [0.29, 0.717) is 46.1 Å². The molecule has 0 aliphatic rings. The van der Waals surface area contributed by atoms with Crippen LogP contribution in [-0.2, 0) is 14.3 Å². The molecule has 108 valence electrons. The molecule has 1 unspecified atom stereocenters. The van der Waals surface area contributed by atoms with E-state index >= 15 is 0 Å². The predicted octanol–water partition coefficient (Wildman–Crippen LogP) is 0.744. The van der Waals surface area contributed by atoms with E-state index in [1.54, 1.807) is 0 Å². The number of carbonyl (C=O) groups excluding carboxylic acids is 1. The molecular weight excluding hydrogens is 232 g/mol. The summed E-state index contributed by atoms with van der Waals surface area (Å²) in [6.45, 7) is 10.3. The fraction of sp³-hybridized carbons (Fsp3) is 0.923. The van der Waals surface area contributed by atoms with E-state index in [2.05, 4.69) is 5.32 Å². The molecule has 0 saturated heterocycles. The second-order valence-corrected chi connectivity index (χ2v) is 4.18. The molecular formula is C13H28N2O3. The number of hydrogen-bond donors (Lipinski definition) is 1. The Balaban J connectivity index is 4.19. The van der Waals surface area contributed by atoms with Crippen molar-refractivity contribution in [1.29, 1.82) is 0 Å². The Labute approximate surface area is 111 Å². The Bertz CT molecular complexity index is 202. The van der Waals surface area contributed by atoms with E-state index in [-0.39, 0.29) is 11.8 Å². The minimum atomic E-state index is -0.0155. The number of rotatable bonds is 11. The van der Waals surface area contributed by atoms with Crippen LogP contribution in [0.15, 0.2) is 0 Å². The summed E-state index contributed by atoms with van der Waals surface area (Å²) >= 11 is 0. The van der Waals surface area contributed by atoms with Crippen molar-refractivity contribution in [2.45, 2.75) is 20.8 Å². The predicted molar refractivity (Wildman–Crippen MR) is 72.7 cm³/mol. The van der Waals surface area contributed by atoms with E-state index in [9.17, 15) is 4.79 Å². The number of nitrogens with one attached hydrogen (secondary N) is 1. The highest BCUT2D eigenvalue weighted by Gasteiger charge is 2.19. The molecule has 0 spiro atoms. The first-order valence-electron chi connectivity index (χ1n) is 6.76. The van der Waals surface area contributed by atoms with Gasteiger partial charge in [-0.3, -0.25) is 4.79 Å². The highest BCUT2D eigenvalue weighted by molar-refractivity contribution is 5.78. The van der Waals surface area contributed by atoms with Gasteiger partial charge >= 0.3 is 0 Å². The third-order valence-corrected chi connectivity index (χ3v) is 2.66. The number of carbonyl (C=O) groups is 1. The van der Waals surface area contributed by atoms with Gasteiger partial charge in [-0.05, 0) is 20.9 Å². The maximum absolute atomic E-state index is 12.2. The molecule has 0 heterocycles. The van der Waals surface area contributed by atoms with E-state index in [0.717, 1.165) is 0 Å². The van der Waals surface area contributed by atoms with Crippen molar-refractivity contribution in [2.24, 2.45) is 5.92 Å². The summed E-state index contributed by atoms with van der Waals surface area (Å²) in [5, 5.41) is 3.03. The van der Waals surface area contributed by atoms with E-state index < -0.39 is 0 Å². The summed E-state index contributed by atoms with van der Waals surface area (Å²) in [5.74, 6) is 0.141. The van der Waals surface area contributed by atoms with Gasteiger partial charge in [-0.1, -0.05) is 6.92 Å². The van der Waals surface area contributed by atoms with Gasteiger partial charge in [0, 0.05) is 38.8 Å². The first kappa shape index (κ1) is 17.4. The summed E-state index contributed by atoms with van der Waals surface area (Å²) < 4.78 is 10.6. The Morgan fingerprint density at radius 1 is 1.17 bits per heavy atom. The maximum atomic E-state index is 12.2. The first-order chi connectivity index (χ1) is 8.67. The van der Waals surface area contributed by atoms with Crippen LogP contribution in [0.3, 0.4) is 0 Å². The molecule has 1 amide bonds. The fourth-order valence-corrected chi connectivity index (χ4v) is 1.68. The Kier molecular flexibility index (Phi) is 11.0. The number of hydrogen-bond acceptors (Lipinski definition) is 4. The molecule has 0 aromatic rings. The van der Waals surface area contributed by atoms with Crippen LogP contribution < -0.4 is 5.32 Å². The van der Waals surface area contributed by atoms with Crippen LogP contribution in [0.5, 0.6) is 0 Å². The summed E-state index contributed by atoms with van der Waals surface area (Å²) in [4.78, 5) is 14.0. The van der Waals surface area contributed by atoms with Crippen LogP contribution in [0.25, 0.3) is 0 Å². The standard InChI is InChI=1S/C13H28N2O3/c1-5-17-9-7-15(8-10-18-6-2)13(16)12(3)11-14-4/h12,14H,5-11H2,1-4H3. The molecule has 0 radical (unpaired) electrons. The minimum absolute atomic E-state index is 0.0155. The molecule has 0 aliphatic carbocycles. The van der Waals surface area contributed by atoms with Gasteiger partial charge in [0.15, 0.2) is 0 Å². The van der Waals surface area contributed by atoms with Gasteiger partial charge in [-0.25, -0.2) is 0 Å². The van der Waals surface area contributed by atoms with Gasteiger partial charge in [0.1, 0.15) is 0 Å². The molecule has 5 heteroatoms. The molecule has 0 fully saturated rings. The SMILES string of the molecule is CCOCCN(CCOCC)C(=O)C(C)CNC. The van der Waals surface area contributed by atoms with Crippen molar-refractivity contribution in [3.05, 3.63) is 0 Å². The zero-order valence-corrected chi connectivity index (χ0v) is 12.2. The summed E-state index contributed by atoms with van der Waals surface area (Å²) in [6, 6.07) is 0. The molecule has 1 atom stereocenters. The Morgan fingerprint density at radius 2 is 1.67 bits per heavy atom. The largest absolute Gasteiger partial charge is 0.380 e. The monoisotopic (exact) mass is 260 g/mol. The second kappa shape index (κ2) is 11.4. The third kappa shape index (κ3) is 7.63. The molecule has 0 rings (SSSR count). The number of ether oxygens (including phenoxy) is 2. The molecule has 18 heavy (non-hydrogen) atoms. The van der Waals surface area contributed by atoms with Crippen LogP contribution in [0.4, 0.5) is 0 Å². The van der Waals surface area contributed by atoms with Crippen LogP contribution in [-0.4, -0.2) is 63.9 Å². The topological polar surface area (TPSA) is 50.8 Å². The second-order valence-electron chi connectivity index (χ2n) is 4.18. The lowest BCUT2D eigenvalue weighted by Gasteiger charge is -2.25. The molecule has 0 aliphatic heterocycles. The lowest BCUT2D eigenvalue weighted by atomic mass is 10.1. The van der Waals surface area contributed by atoms with Gasteiger partial charge in [0.05, 0.1) is 13.2 Å². The molecule has 0 aromatic carbocycles. The average Bonchev–Trinajstić information content (AvgIpc) is 2.37. The lowest BCUT2D eigenvalue weighted by molar-refractivity contribution is -0.136. The van der Waals surface area contributed by atoms with Crippen LogP contribution in [0.1, 0.15) is 20.8 Å². The van der Waals surface area contributed by atoms with Crippen molar-refractivity contribution < 1.29 is 14.3 Å². The van der Waals surface area contributed by atoms with Crippen LogP contribution in [0.2, 0.25) is 0 Å². The Hall–Kier alpha value is -0.650. The van der Waals surface area contributed by atoms with Crippen molar-refractivity contribution >= 4 is 5.91 Å². The fourth-order valence-electron chi connectivity index (χ4n) is 1.68. The zero-order chi connectivity index (χ0) is 13.8. The summed E-state index contributed by atoms with van der Waals surface area (Å²) in [5.41, 5.74) is 0. The summed E-state index contributed by atoms with van der Waals surface area (Å²) in [7, 11) is 1.86. The van der Waals surface area contributed by atoms with Gasteiger partial charge in [-0.2, -0.15) is 0 Å². The van der Waals surface area contributed by atoms with Crippen LogP contribution in [0, 0.1) is 5.92 Å². The Morgan fingerprint density at radius 3 is 2.06 bits per heavy atom. The molecule has 5 nitrogen and oxygen atoms in total. The number of nitrogens with zero attached hydrogens (tertiary/aromatic N) is 1. The van der Waals surface area contributed by atoms with Gasteiger partial charge < -0.3 is 19.7 Å². The summed E-state index contributed by atoms with van der Waals surface area (Å²) in [6.07, 6.45) is 0. The molecule has 0 aromatic heterocycles. The van der Waals surface area contributed by atoms with Gasteiger partial charge in [-0.15, -0.1) is 0 Å². The average molecular weight is 260 g/mol. The van der Waals surface area contributed by atoms with Crippen molar-refractivity contribution in [3.63, 3.8) is 0 Å².